The van der Waals surface area contributed by atoms with Gasteiger partial charge in [-0.25, -0.2) is 0 Å². The van der Waals surface area contributed by atoms with Crippen LogP contribution in [-0.4, -0.2) is 31.0 Å². The zero-order chi connectivity index (χ0) is 13.1. The number of benzene rings is 1. The van der Waals surface area contributed by atoms with E-state index in [1.54, 1.807) is 7.11 Å². The van der Waals surface area contributed by atoms with Crippen molar-refractivity contribution in [1.29, 1.82) is 0 Å². The fourth-order valence-electron chi connectivity index (χ4n) is 2.16. The fraction of sp³-hybridized carbons (Fsp3) is 0.571. The minimum Gasteiger partial charge on any atom is -0.496 e. The molecule has 1 heterocycles. The molecule has 2 N–H and O–H groups in total. The average Bonchev–Trinajstić information content (AvgIpc) is 2.73. The first-order valence-electron chi connectivity index (χ1n) is 6.34. The molecule has 1 aromatic carbocycles. The Hall–Kier alpha value is -1.26. The first kappa shape index (κ1) is 13.2. The predicted octanol–water partition coefficient (Wildman–Crippen LogP) is 1.49. The smallest absolute Gasteiger partial charge is 0.123 e. The topological polar surface area (TPSA) is 50.7 Å². The Kier molecular flexibility index (Phi) is 4.09. The number of hydrogen-bond donors (Lipinski definition) is 2. The van der Waals surface area contributed by atoms with E-state index in [1.807, 2.05) is 13.0 Å². The van der Waals surface area contributed by atoms with Crippen molar-refractivity contribution in [2.45, 2.75) is 39.0 Å². The van der Waals surface area contributed by atoms with E-state index in [-0.39, 0.29) is 18.8 Å². The number of nitrogens with one attached hydrogen (secondary N) is 1. The molecular weight excluding hydrogens is 230 g/mol. The zero-order valence-corrected chi connectivity index (χ0v) is 11.2. The molecule has 0 amide bonds. The molecule has 0 saturated carbocycles. The summed E-state index contributed by atoms with van der Waals surface area (Å²) in [6, 6.07) is 4.16. The van der Waals surface area contributed by atoms with Crippen molar-refractivity contribution in [1.82, 2.24) is 5.32 Å². The van der Waals surface area contributed by atoms with Crippen LogP contribution in [-0.2, 0) is 13.0 Å². The summed E-state index contributed by atoms with van der Waals surface area (Å²) < 4.78 is 11.2. The van der Waals surface area contributed by atoms with Crippen LogP contribution in [0.3, 0.4) is 0 Å². The van der Waals surface area contributed by atoms with Gasteiger partial charge in [0.25, 0.3) is 0 Å². The van der Waals surface area contributed by atoms with Crippen molar-refractivity contribution in [3.05, 3.63) is 23.3 Å². The summed E-state index contributed by atoms with van der Waals surface area (Å²) in [7, 11) is 1.68. The molecule has 2 atom stereocenters. The molecule has 4 heteroatoms. The first-order chi connectivity index (χ1) is 8.63. The quantitative estimate of drug-likeness (QED) is 0.832. The third-order valence-corrected chi connectivity index (χ3v) is 3.21. The van der Waals surface area contributed by atoms with Crippen molar-refractivity contribution in [2.24, 2.45) is 0 Å². The SMILES string of the molecule is COc1cc2c(cc1CNC(C)CO)OC(C)C2. The molecule has 1 aliphatic heterocycles. The van der Waals surface area contributed by atoms with Crippen molar-refractivity contribution >= 4 is 0 Å². The van der Waals surface area contributed by atoms with Gasteiger partial charge >= 0.3 is 0 Å². The Labute approximate surface area is 108 Å². The number of rotatable bonds is 5. The molecule has 1 aromatic rings. The lowest BCUT2D eigenvalue weighted by Gasteiger charge is -2.14. The molecule has 0 spiro atoms. The highest BCUT2D eigenvalue weighted by atomic mass is 16.5. The Balaban J connectivity index is 2.17. The first-order valence-corrected chi connectivity index (χ1v) is 6.34. The van der Waals surface area contributed by atoms with Gasteiger partial charge in [-0.3, -0.25) is 0 Å². The van der Waals surface area contributed by atoms with E-state index in [4.69, 9.17) is 14.6 Å². The van der Waals surface area contributed by atoms with Gasteiger partial charge in [-0.15, -0.1) is 0 Å². The highest BCUT2D eigenvalue weighted by Gasteiger charge is 2.21. The van der Waals surface area contributed by atoms with Crippen LogP contribution in [0.1, 0.15) is 25.0 Å². The molecule has 100 valence electrons. The minimum absolute atomic E-state index is 0.0720. The maximum atomic E-state index is 9.01. The van der Waals surface area contributed by atoms with Crippen LogP contribution in [0.5, 0.6) is 11.5 Å². The Bertz CT molecular complexity index is 420. The van der Waals surface area contributed by atoms with Crippen LogP contribution in [0.2, 0.25) is 0 Å². The summed E-state index contributed by atoms with van der Waals surface area (Å²) in [5.41, 5.74) is 2.27. The van der Waals surface area contributed by atoms with Crippen LogP contribution in [0.25, 0.3) is 0 Å². The second-order valence-corrected chi connectivity index (χ2v) is 4.87. The lowest BCUT2D eigenvalue weighted by atomic mass is 10.1. The van der Waals surface area contributed by atoms with E-state index < -0.39 is 0 Å². The van der Waals surface area contributed by atoms with Crippen molar-refractivity contribution in [2.75, 3.05) is 13.7 Å². The summed E-state index contributed by atoms with van der Waals surface area (Å²) >= 11 is 0. The van der Waals surface area contributed by atoms with Gasteiger partial charge in [-0.1, -0.05) is 0 Å². The maximum Gasteiger partial charge on any atom is 0.123 e. The number of aliphatic hydroxyl groups excluding tert-OH is 1. The molecule has 18 heavy (non-hydrogen) atoms. The third-order valence-electron chi connectivity index (χ3n) is 3.21. The van der Waals surface area contributed by atoms with E-state index in [9.17, 15) is 0 Å². The van der Waals surface area contributed by atoms with Gasteiger partial charge in [0.1, 0.15) is 17.6 Å². The van der Waals surface area contributed by atoms with Crippen LogP contribution < -0.4 is 14.8 Å². The van der Waals surface area contributed by atoms with Gasteiger partial charge in [0, 0.05) is 30.1 Å². The van der Waals surface area contributed by atoms with E-state index in [2.05, 4.69) is 18.3 Å². The number of methoxy groups -OCH3 is 1. The number of ether oxygens (including phenoxy) is 2. The molecule has 0 fully saturated rings. The van der Waals surface area contributed by atoms with Gasteiger partial charge < -0.3 is 19.9 Å². The van der Waals surface area contributed by atoms with Gasteiger partial charge in [0.15, 0.2) is 0 Å². The summed E-state index contributed by atoms with van der Waals surface area (Å²) in [6.07, 6.45) is 1.18. The average molecular weight is 251 g/mol. The molecule has 0 radical (unpaired) electrons. The standard InChI is InChI=1S/C14H21NO3/c1-9(8-16)15-7-12-6-14-11(4-10(2)18-14)5-13(12)17-3/h5-6,9-10,15-16H,4,7-8H2,1-3H3. The van der Waals surface area contributed by atoms with Gasteiger partial charge in [-0.05, 0) is 26.0 Å². The van der Waals surface area contributed by atoms with Crippen LogP contribution in [0.15, 0.2) is 12.1 Å². The normalized spacial score (nSPS) is 19.2. The van der Waals surface area contributed by atoms with Crippen LogP contribution in [0.4, 0.5) is 0 Å². The summed E-state index contributed by atoms with van der Waals surface area (Å²) in [4.78, 5) is 0. The van der Waals surface area contributed by atoms with Crippen LogP contribution in [0, 0.1) is 0 Å². The second-order valence-electron chi connectivity index (χ2n) is 4.87. The molecule has 2 unspecified atom stereocenters. The summed E-state index contributed by atoms with van der Waals surface area (Å²) in [6.45, 7) is 4.80. The lowest BCUT2D eigenvalue weighted by Crippen LogP contribution is -2.28. The van der Waals surface area contributed by atoms with Gasteiger partial charge in [0.2, 0.25) is 0 Å². The molecule has 0 aliphatic carbocycles. The van der Waals surface area contributed by atoms with E-state index in [0.717, 1.165) is 23.5 Å². The van der Waals surface area contributed by atoms with Crippen LogP contribution >= 0.6 is 0 Å². The number of fused-ring (bicyclic) bond motifs is 1. The molecule has 0 aromatic heterocycles. The predicted molar refractivity (Wildman–Crippen MR) is 70.2 cm³/mol. The molecule has 2 rings (SSSR count). The third kappa shape index (κ3) is 2.76. The Morgan fingerprint density at radius 2 is 2.33 bits per heavy atom. The molecule has 1 aliphatic rings. The maximum absolute atomic E-state index is 9.01. The molecular formula is C14H21NO3. The van der Waals surface area contributed by atoms with Crippen molar-refractivity contribution in [3.63, 3.8) is 0 Å². The highest BCUT2D eigenvalue weighted by molar-refractivity contribution is 5.48. The van der Waals surface area contributed by atoms with Crippen molar-refractivity contribution in [3.8, 4) is 11.5 Å². The lowest BCUT2D eigenvalue weighted by molar-refractivity contribution is 0.249. The Morgan fingerprint density at radius 1 is 1.56 bits per heavy atom. The number of hydrogen-bond acceptors (Lipinski definition) is 4. The Morgan fingerprint density at radius 3 is 3.00 bits per heavy atom. The monoisotopic (exact) mass is 251 g/mol. The minimum atomic E-state index is 0.0720. The largest absolute Gasteiger partial charge is 0.496 e. The van der Waals surface area contributed by atoms with E-state index >= 15 is 0 Å². The van der Waals surface area contributed by atoms with Gasteiger partial charge in [0.05, 0.1) is 13.7 Å². The molecule has 4 nitrogen and oxygen atoms in total. The van der Waals surface area contributed by atoms with E-state index in [1.165, 1.54) is 5.56 Å². The summed E-state index contributed by atoms with van der Waals surface area (Å²) in [5, 5.41) is 12.3. The second kappa shape index (κ2) is 5.59. The fourth-order valence-corrected chi connectivity index (χ4v) is 2.16. The van der Waals surface area contributed by atoms with E-state index in [0.29, 0.717) is 6.54 Å². The van der Waals surface area contributed by atoms with Gasteiger partial charge in [-0.2, -0.15) is 0 Å². The number of aliphatic hydroxyl groups is 1. The summed E-state index contributed by atoms with van der Waals surface area (Å²) in [5.74, 6) is 1.83. The zero-order valence-electron chi connectivity index (χ0n) is 11.2. The van der Waals surface area contributed by atoms with Crippen molar-refractivity contribution < 1.29 is 14.6 Å². The highest BCUT2D eigenvalue weighted by Crippen LogP contribution is 2.34. The molecule has 0 bridgehead atoms. The molecule has 0 saturated heterocycles.